The summed E-state index contributed by atoms with van der Waals surface area (Å²) in [4.78, 5) is 11.1. The molecule has 2 aromatic rings. The summed E-state index contributed by atoms with van der Waals surface area (Å²) >= 11 is 0. The molecule has 4 heteroatoms. The van der Waals surface area contributed by atoms with E-state index in [1.807, 2.05) is 12.1 Å². The van der Waals surface area contributed by atoms with Crippen LogP contribution in [-0.2, 0) is 4.74 Å². The zero-order valence-electron chi connectivity index (χ0n) is 18.0. The van der Waals surface area contributed by atoms with Gasteiger partial charge in [0, 0.05) is 18.1 Å². The third-order valence-corrected chi connectivity index (χ3v) is 6.43. The SMILES string of the molecule is CC(C)=CCC[C@]1(C)Oc2cc(-c3ccc(C(=O)O)cc3)ccc2[C@@H]2OCCC[C@H]21. The Morgan fingerprint density at radius 2 is 1.90 bits per heavy atom. The van der Waals surface area contributed by atoms with Gasteiger partial charge >= 0.3 is 5.97 Å². The number of carboxylic acid groups (broad SMARTS) is 1. The normalized spacial score (nSPS) is 24.9. The average molecular weight is 407 g/mol. The van der Waals surface area contributed by atoms with Crippen molar-refractivity contribution < 1.29 is 19.4 Å². The summed E-state index contributed by atoms with van der Waals surface area (Å²) in [6.45, 7) is 7.29. The second kappa shape index (κ2) is 8.27. The maximum Gasteiger partial charge on any atom is 0.335 e. The summed E-state index contributed by atoms with van der Waals surface area (Å²) in [5, 5.41) is 9.14. The van der Waals surface area contributed by atoms with E-state index in [0.717, 1.165) is 54.7 Å². The first-order chi connectivity index (χ1) is 14.4. The molecule has 0 amide bonds. The molecule has 1 fully saturated rings. The molecule has 158 valence electrons. The fourth-order valence-corrected chi connectivity index (χ4v) is 4.77. The molecular formula is C26H30O4. The van der Waals surface area contributed by atoms with Crippen LogP contribution >= 0.6 is 0 Å². The van der Waals surface area contributed by atoms with Crippen LogP contribution in [0.3, 0.4) is 0 Å². The highest BCUT2D eigenvalue weighted by atomic mass is 16.5. The van der Waals surface area contributed by atoms with Gasteiger partial charge in [0.2, 0.25) is 0 Å². The van der Waals surface area contributed by atoms with Crippen LogP contribution in [0.25, 0.3) is 11.1 Å². The fraction of sp³-hybridized carbons (Fsp3) is 0.423. The molecule has 1 N–H and O–H groups in total. The standard InChI is InChI=1S/C26H30O4/c1-17(2)6-4-14-26(3)22-7-5-15-29-24(22)21-13-12-20(16-23(21)30-26)18-8-10-19(11-9-18)25(27)28/h6,8-13,16,22,24H,4-5,7,14-15H2,1-3H3,(H,27,28)/t22-,24+,26+/m1/s1. The molecule has 0 saturated carbocycles. The van der Waals surface area contributed by atoms with Crippen LogP contribution in [0.15, 0.2) is 54.1 Å². The Balaban J connectivity index is 1.67. The number of hydrogen-bond donors (Lipinski definition) is 1. The summed E-state index contributed by atoms with van der Waals surface area (Å²) < 4.78 is 12.9. The minimum absolute atomic E-state index is 0.0719. The number of fused-ring (bicyclic) bond motifs is 3. The van der Waals surface area contributed by atoms with E-state index in [4.69, 9.17) is 14.6 Å². The molecule has 0 bridgehead atoms. The number of carbonyl (C=O) groups is 1. The second-order valence-electron chi connectivity index (χ2n) is 8.91. The lowest BCUT2D eigenvalue weighted by Crippen LogP contribution is -2.49. The topological polar surface area (TPSA) is 55.8 Å². The van der Waals surface area contributed by atoms with Gasteiger partial charge in [-0.2, -0.15) is 0 Å². The zero-order valence-corrected chi connectivity index (χ0v) is 18.0. The molecule has 0 spiro atoms. The van der Waals surface area contributed by atoms with Crippen molar-refractivity contribution in [2.45, 2.75) is 58.2 Å². The van der Waals surface area contributed by atoms with Crippen LogP contribution in [0.1, 0.15) is 68.5 Å². The molecular weight excluding hydrogens is 376 g/mol. The molecule has 0 aromatic heterocycles. The van der Waals surface area contributed by atoms with Crippen LogP contribution in [0.2, 0.25) is 0 Å². The quantitative estimate of drug-likeness (QED) is 0.582. The summed E-state index contributed by atoms with van der Waals surface area (Å²) in [7, 11) is 0. The maximum atomic E-state index is 11.1. The summed E-state index contributed by atoms with van der Waals surface area (Å²) in [5.74, 6) is 0.325. The molecule has 2 aliphatic rings. The second-order valence-corrected chi connectivity index (χ2v) is 8.91. The van der Waals surface area contributed by atoms with E-state index in [1.165, 1.54) is 5.57 Å². The van der Waals surface area contributed by atoms with Gasteiger partial charge in [-0.05, 0) is 75.8 Å². The Bertz CT molecular complexity index is 955. The van der Waals surface area contributed by atoms with Gasteiger partial charge in [-0.3, -0.25) is 0 Å². The van der Waals surface area contributed by atoms with Crippen molar-refractivity contribution in [3.8, 4) is 16.9 Å². The maximum absolute atomic E-state index is 11.1. The highest BCUT2D eigenvalue weighted by Crippen LogP contribution is 2.51. The van der Waals surface area contributed by atoms with Gasteiger partial charge in [0.25, 0.3) is 0 Å². The molecule has 4 nitrogen and oxygen atoms in total. The van der Waals surface area contributed by atoms with Gasteiger partial charge in [-0.25, -0.2) is 4.79 Å². The molecule has 2 aliphatic heterocycles. The van der Waals surface area contributed by atoms with Gasteiger partial charge < -0.3 is 14.6 Å². The third-order valence-electron chi connectivity index (χ3n) is 6.43. The number of benzene rings is 2. The number of rotatable bonds is 5. The van der Waals surface area contributed by atoms with Crippen molar-refractivity contribution in [3.63, 3.8) is 0 Å². The predicted molar refractivity (Wildman–Crippen MR) is 118 cm³/mol. The van der Waals surface area contributed by atoms with Crippen LogP contribution in [-0.4, -0.2) is 23.3 Å². The fourth-order valence-electron chi connectivity index (χ4n) is 4.77. The molecule has 3 atom stereocenters. The Hall–Kier alpha value is -2.59. The van der Waals surface area contributed by atoms with E-state index in [0.29, 0.717) is 11.5 Å². The molecule has 0 aliphatic carbocycles. The Labute approximate surface area is 178 Å². The zero-order chi connectivity index (χ0) is 21.3. The van der Waals surface area contributed by atoms with E-state index in [9.17, 15) is 4.79 Å². The van der Waals surface area contributed by atoms with Crippen molar-refractivity contribution in [3.05, 3.63) is 65.2 Å². The predicted octanol–water partition coefficient (Wildman–Crippen LogP) is 6.42. The largest absolute Gasteiger partial charge is 0.487 e. The minimum Gasteiger partial charge on any atom is -0.487 e. The van der Waals surface area contributed by atoms with Gasteiger partial charge in [-0.1, -0.05) is 35.9 Å². The Morgan fingerprint density at radius 1 is 1.17 bits per heavy atom. The molecule has 1 saturated heterocycles. The van der Waals surface area contributed by atoms with Crippen molar-refractivity contribution in [1.82, 2.24) is 0 Å². The molecule has 4 rings (SSSR count). The van der Waals surface area contributed by atoms with E-state index in [-0.39, 0.29) is 11.7 Å². The number of aromatic carboxylic acids is 1. The highest BCUT2D eigenvalue weighted by molar-refractivity contribution is 5.88. The van der Waals surface area contributed by atoms with Gasteiger partial charge in [-0.15, -0.1) is 0 Å². The van der Waals surface area contributed by atoms with E-state index in [2.05, 4.69) is 45.0 Å². The van der Waals surface area contributed by atoms with E-state index in [1.54, 1.807) is 12.1 Å². The molecule has 30 heavy (non-hydrogen) atoms. The monoisotopic (exact) mass is 406 g/mol. The molecule has 0 unspecified atom stereocenters. The van der Waals surface area contributed by atoms with Gasteiger partial charge in [0.1, 0.15) is 11.4 Å². The number of hydrogen-bond acceptors (Lipinski definition) is 3. The van der Waals surface area contributed by atoms with Crippen molar-refractivity contribution >= 4 is 5.97 Å². The summed E-state index contributed by atoms with van der Waals surface area (Å²) in [5.41, 5.74) is 4.48. The molecule has 2 aromatic carbocycles. The Morgan fingerprint density at radius 3 is 2.60 bits per heavy atom. The first-order valence-corrected chi connectivity index (χ1v) is 10.8. The van der Waals surface area contributed by atoms with Gasteiger partial charge in [0.05, 0.1) is 11.7 Å². The average Bonchev–Trinajstić information content (AvgIpc) is 2.73. The number of allylic oxidation sites excluding steroid dienone is 2. The lowest BCUT2D eigenvalue weighted by molar-refractivity contribution is -0.126. The van der Waals surface area contributed by atoms with Crippen molar-refractivity contribution in [2.24, 2.45) is 5.92 Å². The van der Waals surface area contributed by atoms with Crippen molar-refractivity contribution in [2.75, 3.05) is 6.61 Å². The minimum atomic E-state index is -0.914. The van der Waals surface area contributed by atoms with Gasteiger partial charge in [0.15, 0.2) is 0 Å². The third kappa shape index (κ3) is 4.01. The number of ether oxygens (including phenoxy) is 2. The van der Waals surface area contributed by atoms with Crippen LogP contribution in [0.5, 0.6) is 5.75 Å². The Kier molecular flexibility index (Phi) is 5.70. The van der Waals surface area contributed by atoms with Crippen LogP contribution in [0.4, 0.5) is 0 Å². The summed E-state index contributed by atoms with van der Waals surface area (Å²) in [6, 6.07) is 13.3. The van der Waals surface area contributed by atoms with E-state index >= 15 is 0 Å². The van der Waals surface area contributed by atoms with Crippen molar-refractivity contribution in [1.29, 1.82) is 0 Å². The van der Waals surface area contributed by atoms with Crippen LogP contribution in [0, 0.1) is 5.92 Å². The first-order valence-electron chi connectivity index (χ1n) is 10.8. The lowest BCUT2D eigenvalue weighted by atomic mass is 9.73. The van der Waals surface area contributed by atoms with E-state index < -0.39 is 5.97 Å². The first kappa shape index (κ1) is 20.7. The lowest BCUT2D eigenvalue weighted by Gasteiger charge is -2.48. The summed E-state index contributed by atoms with van der Waals surface area (Å²) in [6.07, 6.45) is 6.50. The smallest absolute Gasteiger partial charge is 0.335 e. The van der Waals surface area contributed by atoms with Crippen LogP contribution < -0.4 is 4.74 Å². The number of carboxylic acids is 1. The molecule has 2 heterocycles. The highest BCUT2D eigenvalue weighted by Gasteiger charge is 2.47. The molecule has 0 radical (unpaired) electrons.